The molecule has 1 aliphatic heterocycles. The molecule has 1 aliphatic rings. The summed E-state index contributed by atoms with van der Waals surface area (Å²) < 4.78 is 51.6. The van der Waals surface area contributed by atoms with Crippen LogP contribution in [-0.4, -0.2) is 35.4 Å². The molecule has 32 heavy (non-hydrogen) atoms. The maximum Gasteiger partial charge on any atom is 0.435 e. The monoisotopic (exact) mass is 465 g/mol. The fourth-order valence-corrected chi connectivity index (χ4v) is 3.66. The Morgan fingerprint density at radius 2 is 1.97 bits per heavy atom. The number of ether oxygens (including phenoxy) is 2. The number of hydrogen-bond donors (Lipinski definition) is 1. The second kappa shape index (κ2) is 9.22. The van der Waals surface area contributed by atoms with Gasteiger partial charge in [-0.25, -0.2) is 0 Å². The van der Waals surface area contributed by atoms with E-state index < -0.39 is 24.4 Å². The molecule has 0 spiro atoms. The quantitative estimate of drug-likeness (QED) is 0.587. The molecule has 1 atom stereocenters. The molecule has 4 rings (SSSR count). The lowest BCUT2D eigenvalue weighted by Crippen LogP contribution is -2.34. The van der Waals surface area contributed by atoms with Crippen LogP contribution in [0.15, 0.2) is 54.6 Å². The first-order chi connectivity index (χ1) is 15.3. The molecule has 0 radical (unpaired) electrons. The molecule has 2 aromatic carbocycles. The number of alkyl halides is 3. The van der Waals surface area contributed by atoms with Crippen molar-refractivity contribution in [3.63, 3.8) is 0 Å². The summed E-state index contributed by atoms with van der Waals surface area (Å²) in [5.74, 6) is -0.753. The van der Waals surface area contributed by atoms with E-state index in [0.29, 0.717) is 6.61 Å². The van der Waals surface area contributed by atoms with Crippen LogP contribution in [0.5, 0.6) is 5.88 Å². The highest BCUT2D eigenvalue weighted by molar-refractivity contribution is 6.32. The largest absolute Gasteiger partial charge is 0.467 e. The summed E-state index contributed by atoms with van der Waals surface area (Å²) in [6.07, 6.45) is -4.18. The molecule has 10 heteroatoms. The fourth-order valence-electron chi connectivity index (χ4n) is 3.44. The van der Waals surface area contributed by atoms with Gasteiger partial charge in [-0.05, 0) is 29.7 Å². The van der Waals surface area contributed by atoms with Gasteiger partial charge in [-0.15, -0.1) is 0 Å². The average Bonchev–Trinajstić information content (AvgIpc) is 3.21. The standard InChI is InChI=1S/C22H19ClF3N3O3/c23-16-7-3-4-8-17(16)29-21(11-19(28-29)22(24,25)26)32-13-20(30)27-12-18-15-6-2-1-5-14(15)9-10-31-18/h1-8,11,18H,9-10,12-13H2,(H,27,30). The number of nitrogens with zero attached hydrogens (tertiary/aromatic N) is 2. The molecular formula is C22H19ClF3N3O3. The van der Waals surface area contributed by atoms with Crippen LogP contribution in [0.25, 0.3) is 5.69 Å². The van der Waals surface area contributed by atoms with E-state index >= 15 is 0 Å². The molecule has 0 fully saturated rings. The van der Waals surface area contributed by atoms with Crippen molar-refractivity contribution in [2.24, 2.45) is 0 Å². The van der Waals surface area contributed by atoms with Crippen LogP contribution in [0, 0.1) is 0 Å². The maximum atomic E-state index is 13.2. The summed E-state index contributed by atoms with van der Waals surface area (Å²) >= 11 is 6.10. The number of hydrogen-bond acceptors (Lipinski definition) is 4. The second-order valence-electron chi connectivity index (χ2n) is 7.13. The van der Waals surface area contributed by atoms with E-state index in [1.807, 2.05) is 24.3 Å². The highest BCUT2D eigenvalue weighted by Crippen LogP contribution is 2.33. The molecule has 3 aromatic rings. The van der Waals surface area contributed by atoms with Gasteiger partial charge in [0.15, 0.2) is 12.3 Å². The van der Waals surface area contributed by atoms with Gasteiger partial charge in [0.1, 0.15) is 6.10 Å². The minimum Gasteiger partial charge on any atom is -0.467 e. The van der Waals surface area contributed by atoms with E-state index in [1.165, 1.54) is 12.1 Å². The van der Waals surface area contributed by atoms with Gasteiger partial charge < -0.3 is 14.8 Å². The van der Waals surface area contributed by atoms with Crippen molar-refractivity contribution in [3.05, 3.63) is 76.4 Å². The van der Waals surface area contributed by atoms with Crippen LogP contribution in [0.4, 0.5) is 13.2 Å². The smallest absolute Gasteiger partial charge is 0.435 e. The number of halogens is 4. The van der Waals surface area contributed by atoms with Crippen LogP contribution in [-0.2, 0) is 22.1 Å². The predicted molar refractivity (Wildman–Crippen MR) is 111 cm³/mol. The molecule has 168 valence electrons. The first-order valence-electron chi connectivity index (χ1n) is 9.84. The fraction of sp³-hybridized carbons (Fsp3) is 0.273. The summed E-state index contributed by atoms with van der Waals surface area (Å²) in [6, 6.07) is 14.8. The maximum absolute atomic E-state index is 13.2. The molecule has 0 saturated heterocycles. The van der Waals surface area contributed by atoms with E-state index in [2.05, 4.69) is 10.4 Å². The third kappa shape index (κ3) is 4.89. The van der Waals surface area contributed by atoms with Crippen LogP contribution in [0.2, 0.25) is 5.02 Å². The number of nitrogens with one attached hydrogen (secondary N) is 1. The number of aromatic nitrogens is 2. The number of rotatable bonds is 6. The number of fused-ring (bicyclic) bond motifs is 1. The van der Waals surface area contributed by atoms with Crippen LogP contribution in [0.1, 0.15) is 22.9 Å². The predicted octanol–water partition coefficient (Wildman–Crippen LogP) is 4.35. The molecular weight excluding hydrogens is 447 g/mol. The Kier molecular flexibility index (Phi) is 6.38. The lowest BCUT2D eigenvalue weighted by molar-refractivity contribution is -0.141. The lowest BCUT2D eigenvalue weighted by atomic mass is 9.97. The summed E-state index contributed by atoms with van der Waals surface area (Å²) in [5.41, 5.74) is 1.22. The second-order valence-corrected chi connectivity index (χ2v) is 7.54. The molecule has 0 saturated carbocycles. The van der Waals surface area contributed by atoms with Crippen LogP contribution >= 0.6 is 11.6 Å². The van der Waals surface area contributed by atoms with Gasteiger partial charge in [-0.1, -0.05) is 48.0 Å². The molecule has 6 nitrogen and oxygen atoms in total. The third-order valence-corrected chi connectivity index (χ3v) is 5.30. The molecule has 0 bridgehead atoms. The van der Waals surface area contributed by atoms with Gasteiger partial charge in [0.05, 0.1) is 17.3 Å². The van der Waals surface area contributed by atoms with E-state index in [-0.39, 0.29) is 29.2 Å². The van der Waals surface area contributed by atoms with Crippen molar-refractivity contribution >= 4 is 17.5 Å². The van der Waals surface area contributed by atoms with Gasteiger partial charge in [-0.2, -0.15) is 23.0 Å². The van der Waals surface area contributed by atoms with Crippen molar-refractivity contribution in [3.8, 4) is 11.6 Å². The van der Waals surface area contributed by atoms with Crippen molar-refractivity contribution in [2.45, 2.75) is 18.7 Å². The van der Waals surface area contributed by atoms with Gasteiger partial charge in [0.25, 0.3) is 5.91 Å². The number of benzene rings is 2. The molecule has 2 heterocycles. The Morgan fingerprint density at radius 3 is 2.75 bits per heavy atom. The van der Waals surface area contributed by atoms with E-state index in [0.717, 1.165) is 28.3 Å². The zero-order valence-corrected chi connectivity index (χ0v) is 17.5. The van der Waals surface area contributed by atoms with Gasteiger partial charge in [0.2, 0.25) is 5.88 Å². The Balaban J connectivity index is 1.44. The van der Waals surface area contributed by atoms with Crippen molar-refractivity contribution in [1.82, 2.24) is 15.1 Å². The molecule has 1 unspecified atom stereocenters. The molecule has 1 N–H and O–H groups in total. The molecule has 1 aromatic heterocycles. The van der Waals surface area contributed by atoms with Gasteiger partial charge in [-0.3, -0.25) is 4.79 Å². The number of amides is 1. The number of carbonyl (C=O) groups is 1. The third-order valence-electron chi connectivity index (χ3n) is 4.98. The normalized spacial score (nSPS) is 15.8. The average molecular weight is 466 g/mol. The van der Waals surface area contributed by atoms with Crippen LogP contribution in [0.3, 0.4) is 0 Å². The Labute approximate surface area is 186 Å². The summed E-state index contributed by atoms with van der Waals surface area (Å²) in [7, 11) is 0. The first kappa shape index (κ1) is 22.2. The van der Waals surface area contributed by atoms with Crippen LogP contribution < -0.4 is 10.1 Å². The highest BCUT2D eigenvalue weighted by Gasteiger charge is 2.36. The number of carbonyl (C=O) groups excluding carboxylic acids is 1. The van der Waals surface area contributed by atoms with E-state index in [1.54, 1.807) is 12.1 Å². The van der Waals surface area contributed by atoms with Gasteiger partial charge in [0, 0.05) is 12.6 Å². The molecule has 0 aliphatic carbocycles. The minimum absolute atomic E-state index is 0.187. The van der Waals surface area contributed by atoms with Crippen molar-refractivity contribution < 1.29 is 27.4 Å². The van der Waals surface area contributed by atoms with Crippen molar-refractivity contribution in [2.75, 3.05) is 19.8 Å². The van der Waals surface area contributed by atoms with Crippen molar-refractivity contribution in [1.29, 1.82) is 0 Å². The SMILES string of the molecule is O=C(COc1cc(C(F)(F)F)nn1-c1ccccc1Cl)NCC1OCCc2ccccc21. The summed E-state index contributed by atoms with van der Waals surface area (Å²) in [4.78, 5) is 12.3. The summed E-state index contributed by atoms with van der Waals surface area (Å²) in [5, 5.41) is 6.46. The number of para-hydroxylation sites is 1. The Hall–Kier alpha value is -3.04. The Morgan fingerprint density at radius 1 is 1.22 bits per heavy atom. The topological polar surface area (TPSA) is 65.4 Å². The van der Waals surface area contributed by atoms with E-state index in [9.17, 15) is 18.0 Å². The minimum atomic E-state index is -4.68. The van der Waals surface area contributed by atoms with Gasteiger partial charge >= 0.3 is 6.18 Å². The molecule has 1 amide bonds. The lowest BCUT2D eigenvalue weighted by Gasteiger charge is -2.26. The Bertz CT molecular complexity index is 1120. The summed E-state index contributed by atoms with van der Waals surface area (Å²) in [6.45, 7) is 0.268. The zero-order chi connectivity index (χ0) is 22.7. The zero-order valence-electron chi connectivity index (χ0n) is 16.7. The first-order valence-corrected chi connectivity index (χ1v) is 10.2. The van der Waals surface area contributed by atoms with E-state index in [4.69, 9.17) is 21.1 Å². The highest BCUT2D eigenvalue weighted by atomic mass is 35.5.